The first-order valence-electron chi connectivity index (χ1n) is 7.75. The minimum Gasteiger partial charge on any atom is -0.467 e. The van der Waals surface area contributed by atoms with Crippen LogP contribution < -0.4 is 9.64 Å². The van der Waals surface area contributed by atoms with E-state index < -0.39 is 0 Å². The maximum absolute atomic E-state index is 9.77. The number of aliphatic hydroxyl groups is 1. The normalized spacial score (nSPS) is 17.8. The van der Waals surface area contributed by atoms with Gasteiger partial charge in [0.2, 0.25) is 5.95 Å². The maximum Gasteiger partial charge on any atom is 0.321 e. The van der Waals surface area contributed by atoms with Gasteiger partial charge in [0.15, 0.2) is 0 Å². The highest BCUT2D eigenvalue weighted by atomic mass is 16.5. The van der Waals surface area contributed by atoms with E-state index in [9.17, 15) is 5.11 Å². The number of ether oxygens (including phenoxy) is 1. The van der Waals surface area contributed by atoms with Crippen molar-refractivity contribution in [1.82, 2.24) is 15.0 Å². The van der Waals surface area contributed by atoms with Crippen molar-refractivity contribution in [3.05, 3.63) is 5.82 Å². The first-order chi connectivity index (χ1) is 10.1. The number of unbranched alkanes of at least 4 members (excludes halogenated alkanes) is 1. The van der Waals surface area contributed by atoms with Crippen molar-refractivity contribution in [1.29, 1.82) is 0 Å². The van der Waals surface area contributed by atoms with Gasteiger partial charge in [-0.05, 0) is 31.6 Å². The molecule has 0 aromatic carbocycles. The van der Waals surface area contributed by atoms with Crippen LogP contribution in [0.5, 0.6) is 6.01 Å². The third-order valence-electron chi connectivity index (χ3n) is 4.40. The molecule has 0 saturated carbocycles. The number of aliphatic hydroxyl groups excluding tert-OH is 1. The molecule has 21 heavy (non-hydrogen) atoms. The van der Waals surface area contributed by atoms with Crippen LogP contribution in [-0.4, -0.2) is 46.9 Å². The Balaban J connectivity index is 2.04. The fraction of sp³-hybridized carbons (Fsp3) is 0.800. The molecule has 0 spiro atoms. The van der Waals surface area contributed by atoms with E-state index in [-0.39, 0.29) is 12.0 Å². The van der Waals surface area contributed by atoms with E-state index in [1.165, 1.54) is 12.8 Å². The van der Waals surface area contributed by atoms with E-state index in [0.29, 0.717) is 17.8 Å². The zero-order valence-electron chi connectivity index (χ0n) is 13.3. The Labute approximate surface area is 126 Å². The molecule has 1 saturated heterocycles. The molecule has 0 radical (unpaired) electrons. The average molecular weight is 294 g/mol. The largest absolute Gasteiger partial charge is 0.467 e. The van der Waals surface area contributed by atoms with Crippen LogP contribution in [0.4, 0.5) is 5.95 Å². The van der Waals surface area contributed by atoms with Crippen molar-refractivity contribution in [3.8, 4) is 6.01 Å². The van der Waals surface area contributed by atoms with Gasteiger partial charge >= 0.3 is 6.01 Å². The molecule has 0 amide bonds. The van der Waals surface area contributed by atoms with Crippen LogP contribution in [0.2, 0.25) is 0 Å². The molecule has 2 heterocycles. The van der Waals surface area contributed by atoms with Gasteiger partial charge in [0.25, 0.3) is 0 Å². The highest BCUT2D eigenvalue weighted by Gasteiger charge is 2.34. The van der Waals surface area contributed by atoms with E-state index in [0.717, 1.165) is 32.4 Å². The second-order valence-corrected chi connectivity index (χ2v) is 5.92. The van der Waals surface area contributed by atoms with E-state index in [1.54, 1.807) is 7.11 Å². The number of methoxy groups -OCH3 is 1. The Kier molecular flexibility index (Phi) is 5.33. The standard InChI is InChI=1S/C15H26N4O2/c1-4-5-6-15(11-20)7-9-19(10-8-15)13-16-12(2)17-14(18-13)21-3/h20H,4-11H2,1-3H3. The number of aromatic nitrogens is 3. The molecule has 0 aliphatic carbocycles. The van der Waals surface area contributed by atoms with Gasteiger partial charge < -0.3 is 14.7 Å². The number of nitrogens with zero attached hydrogens (tertiary/aromatic N) is 4. The summed E-state index contributed by atoms with van der Waals surface area (Å²) >= 11 is 0. The molecule has 0 atom stereocenters. The van der Waals surface area contributed by atoms with Crippen LogP contribution in [0.3, 0.4) is 0 Å². The first kappa shape index (κ1) is 15.9. The van der Waals surface area contributed by atoms with Crippen LogP contribution in [-0.2, 0) is 0 Å². The van der Waals surface area contributed by atoms with Gasteiger partial charge in [-0.15, -0.1) is 0 Å². The molecule has 0 bridgehead atoms. The molecular formula is C15H26N4O2. The van der Waals surface area contributed by atoms with Crippen LogP contribution >= 0.6 is 0 Å². The van der Waals surface area contributed by atoms with Crippen molar-refractivity contribution in [2.75, 3.05) is 31.7 Å². The van der Waals surface area contributed by atoms with Gasteiger partial charge in [0.1, 0.15) is 5.82 Å². The topological polar surface area (TPSA) is 71.4 Å². The maximum atomic E-state index is 9.77. The Hall–Kier alpha value is -1.43. The number of hydrogen-bond acceptors (Lipinski definition) is 6. The lowest BCUT2D eigenvalue weighted by molar-refractivity contribution is 0.0843. The van der Waals surface area contributed by atoms with Gasteiger partial charge in [-0.1, -0.05) is 19.8 Å². The quantitative estimate of drug-likeness (QED) is 0.864. The van der Waals surface area contributed by atoms with Gasteiger partial charge in [-0.25, -0.2) is 0 Å². The summed E-state index contributed by atoms with van der Waals surface area (Å²) in [5.74, 6) is 1.35. The van der Waals surface area contributed by atoms with E-state index >= 15 is 0 Å². The minimum absolute atomic E-state index is 0.0820. The smallest absolute Gasteiger partial charge is 0.321 e. The zero-order valence-corrected chi connectivity index (χ0v) is 13.3. The fourth-order valence-corrected chi connectivity index (χ4v) is 2.90. The Morgan fingerprint density at radius 1 is 1.24 bits per heavy atom. The van der Waals surface area contributed by atoms with Crippen molar-refractivity contribution in [2.24, 2.45) is 5.41 Å². The number of anilines is 1. The summed E-state index contributed by atoms with van der Waals surface area (Å²) in [7, 11) is 1.57. The SMILES string of the molecule is CCCCC1(CO)CCN(c2nc(C)nc(OC)n2)CC1. The summed E-state index contributed by atoms with van der Waals surface area (Å²) in [5.41, 5.74) is 0.0820. The van der Waals surface area contributed by atoms with E-state index in [2.05, 4.69) is 26.8 Å². The molecule has 1 aliphatic heterocycles. The van der Waals surface area contributed by atoms with E-state index in [1.807, 2.05) is 6.92 Å². The zero-order chi connectivity index (χ0) is 15.3. The van der Waals surface area contributed by atoms with Crippen LogP contribution in [0.1, 0.15) is 44.9 Å². The number of hydrogen-bond donors (Lipinski definition) is 1. The second kappa shape index (κ2) is 7.02. The van der Waals surface area contributed by atoms with Gasteiger partial charge in [0.05, 0.1) is 7.11 Å². The lowest BCUT2D eigenvalue weighted by atomic mass is 9.75. The number of aryl methyl sites for hydroxylation is 1. The highest BCUT2D eigenvalue weighted by molar-refractivity contribution is 5.31. The summed E-state index contributed by atoms with van der Waals surface area (Å²) in [6.07, 6.45) is 5.43. The van der Waals surface area contributed by atoms with Gasteiger partial charge in [-0.2, -0.15) is 15.0 Å². The van der Waals surface area contributed by atoms with Crippen LogP contribution in [0.25, 0.3) is 0 Å². The third kappa shape index (κ3) is 3.81. The second-order valence-electron chi connectivity index (χ2n) is 5.92. The van der Waals surface area contributed by atoms with Gasteiger partial charge in [0, 0.05) is 19.7 Å². The minimum atomic E-state index is 0.0820. The lowest BCUT2D eigenvalue weighted by Gasteiger charge is -2.40. The van der Waals surface area contributed by atoms with Crippen molar-refractivity contribution in [3.63, 3.8) is 0 Å². The highest BCUT2D eigenvalue weighted by Crippen LogP contribution is 2.37. The molecule has 2 rings (SSSR count). The predicted molar refractivity (Wildman–Crippen MR) is 81.6 cm³/mol. The number of rotatable bonds is 6. The Morgan fingerprint density at radius 2 is 1.95 bits per heavy atom. The molecule has 6 nitrogen and oxygen atoms in total. The molecule has 6 heteroatoms. The van der Waals surface area contributed by atoms with Crippen LogP contribution in [0.15, 0.2) is 0 Å². The van der Waals surface area contributed by atoms with Gasteiger partial charge in [-0.3, -0.25) is 0 Å². The first-order valence-corrected chi connectivity index (χ1v) is 7.75. The predicted octanol–water partition coefficient (Wildman–Crippen LogP) is 1.96. The summed E-state index contributed by atoms with van der Waals surface area (Å²) in [6, 6.07) is 0.363. The average Bonchev–Trinajstić information content (AvgIpc) is 2.52. The molecule has 118 valence electrons. The Morgan fingerprint density at radius 3 is 2.52 bits per heavy atom. The summed E-state index contributed by atoms with van der Waals surface area (Å²) in [4.78, 5) is 15.0. The van der Waals surface area contributed by atoms with Crippen molar-refractivity contribution >= 4 is 5.95 Å². The lowest BCUT2D eigenvalue weighted by Crippen LogP contribution is -2.42. The summed E-state index contributed by atoms with van der Waals surface area (Å²) in [5, 5.41) is 9.77. The van der Waals surface area contributed by atoms with Crippen molar-refractivity contribution in [2.45, 2.75) is 46.0 Å². The Bertz CT molecular complexity index is 459. The molecule has 1 aromatic heterocycles. The summed E-state index contributed by atoms with van der Waals surface area (Å²) in [6.45, 7) is 6.06. The molecule has 1 aliphatic rings. The molecule has 1 aromatic rings. The summed E-state index contributed by atoms with van der Waals surface area (Å²) < 4.78 is 5.11. The molecule has 1 fully saturated rings. The van der Waals surface area contributed by atoms with Crippen LogP contribution in [0, 0.1) is 12.3 Å². The molecule has 1 N–H and O–H groups in total. The monoisotopic (exact) mass is 294 g/mol. The molecule has 0 unspecified atom stereocenters. The third-order valence-corrected chi connectivity index (χ3v) is 4.40. The van der Waals surface area contributed by atoms with Crippen molar-refractivity contribution < 1.29 is 9.84 Å². The van der Waals surface area contributed by atoms with E-state index in [4.69, 9.17) is 4.74 Å². The molecular weight excluding hydrogens is 268 g/mol. The number of piperidine rings is 1. The fourth-order valence-electron chi connectivity index (χ4n) is 2.90.